The van der Waals surface area contributed by atoms with Gasteiger partial charge in [0.2, 0.25) is 5.91 Å². The lowest BCUT2D eigenvalue weighted by atomic mass is 9.93. The molecule has 2 fully saturated rings. The zero-order chi connectivity index (χ0) is 15.7. The van der Waals surface area contributed by atoms with Crippen molar-refractivity contribution in [3.05, 3.63) is 22.7 Å². The second-order valence-electron chi connectivity index (χ2n) is 5.98. The van der Waals surface area contributed by atoms with Crippen LogP contribution in [0.3, 0.4) is 0 Å². The van der Waals surface area contributed by atoms with Gasteiger partial charge in [0.15, 0.2) is 11.5 Å². The van der Waals surface area contributed by atoms with Crippen molar-refractivity contribution in [1.29, 1.82) is 0 Å². The molecule has 6 heteroatoms. The number of methoxy groups -OCH3 is 2. The third-order valence-corrected chi connectivity index (χ3v) is 4.79. The van der Waals surface area contributed by atoms with Crippen LogP contribution in [0.25, 0.3) is 0 Å². The number of nitrogens with one attached hydrogen (secondary N) is 1. The second-order valence-corrected chi connectivity index (χ2v) is 6.38. The fourth-order valence-corrected chi connectivity index (χ4v) is 3.78. The highest BCUT2D eigenvalue weighted by molar-refractivity contribution is 6.32. The SMILES string of the molecule is COc1cc(CN2CC[C@@H]3NC(=O)C[C@@H]3C2)cc(Cl)c1OC. The average molecular weight is 325 g/mol. The van der Waals surface area contributed by atoms with E-state index in [0.29, 0.717) is 34.9 Å². The van der Waals surface area contributed by atoms with E-state index in [9.17, 15) is 4.79 Å². The summed E-state index contributed by atoms with van der Waals surface area (Å²) in [5.41, 5.74) is 1.10. The minimum atomic E-state index is 0.186. The van der Waals surface area contributed by atoms with Crippen LogP contribution in [0.1, 0.15) is 18.4 Å². The van der Waals surface area contributed by atoms with Gasteiger partial charge in [-0.15, -0.1) is 0 Å². The van der Waals surface area contributed by atoms with Gasteiger partial charge in [-0.05, 0) is 24.1 Å². The first-order chi connectivity index (χ1) is 10.6. The first-order valence-electron chi connectivity index (χ1n) is 7.53. The highest BCUT2D eigenvalue weighted by atomic mass is 35.5. The van der Waals surface area contributed by atoms with Gasteiger partial charge in [-0.25, -0.2) is 0 Å². The van der Waals surface area contributed by atoms with Crippen LogP contribution in [0.5, 0.6) is 11.5 Å². The van der Waals surface area contributed by atoms with Gasteiger partial charge in [0, 0.05) is 38.0 Å². The first-order valence-corrected chi connectivity index (χ1v) is 7.90. The van der Waals surface area contributed by atoms with Crippen LogP contribution < -0.4 is 14.8 Å². The number of hydrogen-bond acceptors (Lipinski definition) is 4. The molecule has 0 radical (unpaired) electrons. The molecule has 3 rings (SSSR count). The fourth-order valence-electron chi connectivity index (χ4n) is 3.47. The van der Waals surface area contributed by atoms with Gasteiger partial charge in [-0.1, -0.05) is 11.6 Å². The lowest BCUT2D eigenvalue weighted by Gasteiger charge is -2.34. The fraction of sp³-hybridized carbons (Fsp3) is 0.562. The van der Waals surface area contributed by atoms with Gasteiger partial charge in [-0.2, -0.15) is 0 Å². The van der Waals surface area contributed by atoms with Crippen molar-refractivity contribution >= 4 is 17.5 Å². The summed E-state index contributed by atoms with van der Waals surface area (Å²) in [7, 11) is 3.19. The topological polar surface area (TPSA) is 50.8 Å². The zero-order valence-corrected chi connectivity index (χ0v) is 13.7. The van der Waals surface area contributed by atoms with Crippen LogP contribution in [0.15, 0.2) is 12.1 Å². The summed E-state index contributed by atoms with van der Waals surface area (Å²) in [6.45, 7) is 2.72. The van der Waals surface area contributed by atoms with Crippen molar-refractivity contribution in [2.24, 2.45) is 5.92 Å². The number of hydrogen-bond donors (Lipinski definition) is 1. The van der Waals surface area contributed by atoms with Gasteiger partial charge < -0.3 is 14.8 Å². The Morgan fingerprint density at radius 1 is 1.36 bits per heavy atom. The lowest BCUT2D eigenvalue weighted by molar-refractivity contribution is -0.119. The van der Waals surface area contributed by atoms with Gasteiger partial charge >= 0.3 is 0 Å². The standard InChI is InChI=1S/C16H21ClN2O3/c1-21-14-6-10(5-12(17)16(14)22-2)8-19-4-3-13-11(9-19)7-15(20)18-13/h5-6,11,13H,3-4,7-9H2,1-2H3,(H,18,20)/t11-,13+/m1/s1. The predicted octanol–water partition coefficient (Wildman–Crippen LogP) is 2.07. The molecule has 2 aliphatic heterocycles. The minimum Gasteiger partial charge on any atom is -0.493 e. The molecular weight excluding hydrogens is 304 g/mol. The largest absolute Gasteiger partial charge is 0.493 e. The van der Waals surface area contributed by atoms with Crippen LogP contribution in [-0.2, 0) is 11.3 Å². The summed E-state index contributed by atoms with van der Waals surface area (Å²) in [5, 5.41) is 3.62. The average Bonchev–Trinajstić information content (AvgIpc) is 2.86. The highest BCUT2D eigenvalue weighted by Gasteiger charge is 2.36. The van der Waals surface area contributed by atoms with E-state index in [1.165, 1.54) is 0 Å². The zero-order valence-electron chi connectivity index (χ0n) is 12.9. The van der Waals surface area contributed by atoms with Crippen LogP contribution in [0.4, 0.5) is 0 Å². The van der Waals surface area contributed by atoms with Crippen molar-refractivity contribution in [3.63, 3.8) is 0 Å². The summed E-state index contributed by atoms with van der Waals surface area (Å²) in [4.78, 5) is 13.9. The van der Waals surface area contributed by atoms with Crippen LogP contribution in [0.2, 0.25) is 5.02 Å². The molecule has 2 atom stereocenters. The molecule has 0 bridgehead atoms. The number of ether oxygens (including phenoxy) is 2. The van der Waals surface area contributed by atoms with Crippen molar-refractivity contribution in [1.82, 2.24) is 10.2 Å². The summed E-state index contributed by atoms with van der Waals surface area (Å²) in [6, 6.07) is 4.25. The Morgan fingerprint density at radius 3 is 2.91 bits per heavy atom. The molecule has 0 aromatic heterocycles. The van der Waals surface area contributed by atoms with Crippen molar-refractivity contribution in [2.45, 2.75) is 25.4 Å². The van der Waals surface area contributed by atoms with E-state index >= 15 is 0 Å². The van der Waals surface area contributed by atoms with Crippen LogP contribution in [0, 0.1) is 5.92 Å². The van der Waals surface area contributed by atoms with Crippen LogP contribution >= 0.6 is 11.6 Å². The number of rotatable bonds is 4. The summed E-state index contributed by atoms with van der Waals surface area (Å²) >= 11 is 6.26. The number of amides is 1. The maximum Gasteiger partial charge on any atom is 0.220 e. The molecule has 2 saturated heterocycles. The maximum absolute atomic E-state index is 11.5. The third-order valence-electron chi connectivity index (χ3n) is 4.51. The van der Waals surface area contributed by atoms with Crippen molar-refractivity contribution in [2.75, 3.05) is 27.3 Å². The van der Waals surface area contributed by atoms with Gasteiger partial charge in [-0.3, -0.25) is 9.69 Å². The molecule has 2 aliphatic rings. The van der Waals surface area contributed by atoms with E-state index in [4.69, 9.17) is 21.1 Å². The van der Waals surface area contributed by atoms with Gasteiger partial charge in [0.25, 0.3) is 0 Å². The Hall–Kier alpha value is -1.46. The molecule has 0 spiro atoms. The minimum absolute atomic E-state index is 0.186. The molecule has 1 N–H and O–H groups in total. The molecule has 0 saturated carbocycles. The molecule has 1 amide bonds. The van der Waals surface area contributed by atoms with Crippen LogP contribution in [-0.4, -0.2) is 44.2 Å². The Labute approximate surface area is 135 Å². The maximum atomic E-state index is 11.5. The number of fused-ring (bicyclic) bond motifs is 1. The summed E-state index contributed by atoms with van der Waals surface area (Å²) in [5.74, 6) is 1.83. The van der Waals surface area contributed by atoms with E-state index in [-0.39, 0.29) is 5.91 Å². The normalized spacial score (nSPS) is 24.8. The number of carbonyl (C=O) groups is 1. The predicted molar refractivity (Wildman–Crippen MR) is 84.5 cm³/mol. The third kappa shape index (κ3) is 3.01. The molecule has 0 aliphatic carbocycles. The number of benzene rings is 1. The Bertz CT molecular complexity index is 579. The molecule has 22 heavy (non-hydrogen) atoms. The van der Waals surface area contributed by atoms with Crippen molar-refractivity contribution < 1.29 is 14.3 Å². The monoisotopic (exact) mass is 324 g/mol. The quantitative estimate of drug-likeness (QED) is 0.921. The number of likely N-dealkylation sites (tertiary alicyclic amines) is 1. The number of halogens is 1. The molecule has 1 aromatic rings. The Balaban J connectivity index is 1.71. The molecular formula is C16H21ClN2O3. The molecule has 120 valence electrons. The molecule has 5 nitrogen and oxygen atoms in total. The molecule has 0 unspecified atom stereocenters. The van der Waals surface area contributed by atoms with E-state index < -0.39 is 0 Å². The number of piperidine rings is 1. The Kier molecular flexibility index (Phi) is 4.45. The van der Waals surface area contributed by atoms with E-state index in [0.717, 1.165) is 31.6 Å². The number of carbonyl (C=O) groups excluding carboxylic acids is 1. The highest BCUT2D eigenvalue weighted by Crippen LogP contribution is 2.36. The van der Waals surface area contributed by atoms with E-state index in [1.807, 2.05) is 12.1 Å². The smallest absolute Gasteiger partial charge is 0.220 e. The van der Waals surface area contributed by atoms with E-state index in [2.05, 4.69) is 10.2 Å². The second kappa shape index (κ2) is 6.34. The first kappa shape index (κ1) is 15.4. The molecule has 2 heterocycles. The summed E-state index contributed by atoms with van der Waals surface area (Å²) < 4.78 is 10.6. The van der Waals surface area contributed by atoms with Gasteiger partial charge in [0.05, 0.1) is 19.2 Å². The van der Waals surface area contributed by atoms with E-state index in [1.54, 1.807) is 14.2 Å². The van der Waals surface area contributed by atoms with Gasteiger partial charge in [0.1, 0.15) is 0 Å². The lowest BCUT2D eigenvalue weighted by Crippen LogP contribution is -2.44. The molecule has 1 aromatic carbocycles. The summed E-state index contributed by atoms with van der Waals surface area (Å²) in [6.07, 6.45) is 1.66. The number of nitrogens with zero attached hydrogens (tertiary/aromatic N) is 1. The Morgan fingerprint density at radius 2 is 2.18 bits per heavy atom. The van der Waals surface area contributed by atoms with Crippen molar-refractivity contribution in [3.8, 4) is 11.5 Å².